The summed E-state index contributed by atoms with van der Waals surface area (Å²) >= 11 is 8.85. The third-order valence-corrected chi connectivity index (χ3v) is 8.64. The molecule has 5 nitrogen and oxygen atoms in total. The normalized spacial score (nSPS) is 19.8. The molecule has 0 bridgehead atoms. The molecule has 2 aliphatic rings. The summed E-state index contributed by atoms with van der Waals surface area (Å²) in [5.41, 5.74) is 2.94. The number of anilines is 1. The van der Waals surface area contributed by atoms with E-state index in [-0.39, 0.29) is 35.3 Å². The minimum Gasteiger partial charge on any atom is -0.294 e. The van der Waals surface area contributed by atoms with E-state index >= 15 is 0 Å². The van der Waals surface area contributed by atoms with Gasteiger partial charge in [0.25, 0.3) is 0 Å². The first-order chi connectivity index (χ1) is 16.7. The van der Waals surface area contributed by atoms with Crippen LogP contribution in [-0.2, 0) is 15.3 Å². The Hall–Kier alpha value is -2.55. The van der Waals surface area contributed by atoms with Gasteiger partial charge in [-0.05, 0) is 47.2 Å². The Kier molecular flexibility index (Phi) is 6.55. The highest BCUT2D eigenvalue weighted by Crippen LogP contribution is 2.48. The molecule has 1 aliphatic heterocycles. The number of amides is 1. The maximum atomic E-state index is 13.5. The number of thioether (sulfide) groups is 1. The molecule has 1 unspecified atom stereocenters. The second-order valence-corrected chi connectivity index (χ2v) is 12.2. The van der Waals surface area contributed by atoms with Gasteiger partial charge >= 0.3 is 0 Å². The highest BCUT2D eigenvalue weighted by atomic mass is 35.5. The topological polar surface area (TPSA) is 63.2 Å². The fourth-order valence-electron chi connectivity index (χ4n) is 4.69. The molecule has 3 aromatic rings. The molecule has 1 atom stereocenters. The maximum Gasteiger partial charge on any atom is 0.234 e. The van der Waals surface area contributed by atoms with Crippen molar-refractivity contribution in [2.45, 2.75) is 49.1 Å². The zero-order valence-electron chi connectivity index (χ0n) is 19.3. The number of hydrogen-bond donors (Lipinski definition) is 0. The van der Waals surface area contributed by atoms with Crippen LogP contribution in [0.25, 0.3) is 0 Å². The number of allylic oxidation sites excluding steroid dienone is 2. The van der Waals surface area contributed by atoms with Crippen LogP contribution in [0.4, 0.5) is 9.52 Å². The number of aromatic nitrogens is 2. The van der Waals surface area contributed by atoms with Gasteiger partial charge in [-0.3, -0.25) is 14.5 Å². The summed E-state index contributed by atoms with van der Waals surface area (Å²) < 4.78 is 14.3. The van der Waals surface area contributed by atoms with Gasteiger partial charge in [-0.15, -0.1) is 10.2 Å². The second kappa shape index (κ2) is 9.48. The molecule has 0 radical (unpaired) electrons. The largest absolute Gasteiger partial charge is 0.294 e. The summed E-state index contributed by atoms with van der Waals surface area (Å²) in [4.78, 5) is 28.4. The Balaban J connectivity index is 1.48. The zero-order chi connectivity index (χ0) is 24.7. The summed E-state index contributed by atoms with van der Waals surface area (Å²) in [6.07, 6.45) is 1.11. The molecular formula is C26H23ClFN3O2S2. The molecular weight excluding hydrogens is 505 g/mol. The van der Waals surface area contributed by atoms with Crippen molar-refractivity contribution in [3.05, 3.63) is 81.8 Å². The van der Waals surface area contributed by atoms with Crippen LogP contribution in [0, 0.1) is 11.2 Å². The Labute approximate surface area is 216 Å². The SMILES string of the molecule is CC1(C)CC(=O)C2=C(C1)N(c1nnc(SCc3ccc(Cl)cc3)s1)C(=O)CC2c1ccc(F)cc1. The summed E-state index contributed by atoms with van der Waals surface area (Å²) in [6.45, 7) is 4.07. The molecule has 35 heavy (non-hydrogen) atoms. The van der Waals surface area contributed by atoms with E-state index in [9.17, 15) is 14.0 Å². The van der Waals surface area contributed by atoms with Gasteiger partial charge in [-0.25, -0.2) is 4.39 Å². The van der Waals surface area contributed by atoms with Crippen molar-refractivity contribution in [2.75, 3.05) is 4.90 Å². The van der Waals surface area contributed by atoms with E-state index < -0.39 is 0 Å². The van der Waals surface area contributed by atoms with E-state index in [0.717, 1.165) is 15.5 Å². The fraction of sp³-hybridized carbons (Fsp3) is 0.308. The van der Waals surface area contributed by atoms with Crippen molar-refractivity contribution in [2.24, 2.45) is 5.41 Å². The number of hydrogen-bond acceptors (Lipinski definition) is 6. The van der Waals surface area contributed by atoms with Crippen LogP contribution in [0.1, 0.15) is 50.2 Å². The van der Waals surface area contributed by atoms with Crippen molar-refractivity contribution in [1.29, 1.82) is 0 Å². The minimum atomic E-state index is -0.385. The van der Waals surface area contributed by atoms with Crippen LogP contribution < -0.4 is 4.90 Å². The number of carbonyl (C=O) groups excluding carboxylic acids is 2. The van der Waals surface area contributed by atoms with Crippen molar-refractivity contribution in [1.82, 2.24) is 10.2 Å². The van der Waals surface area contributed by atoms with E-state index in [1.165, 1.54) is 35.2 Å². The number of nitrogens with zero attached hydrogens (tertiary/aromatic N) is 3. The van der Waals surface area contributed by atoms with E-state index in [1.54, 1.807) is 17.0 Å². The van der Waals surface area contributed by atoms with E-state index in [2.05, 4.69) is 10.2 Å². The van der Waals surface area contributed by atoms with Crippen LogP contribution in [0.15, 0.2) is 64.1 Å². The van der Waals surface area contributed by atoms with Gasteiger partial charge < -0.3 is 0 Å². The molecule has 0 N–H and O–H groups in total. The molecule has 9 heteroatoms. The molecule has 0 spiro atoms. The molecule has 1 amide bonds. The monoisotopic (exact) mass is 527 g/mol. The predicted octanol–water partition coefficient (Wildman–Crippen LogP) is 6.79. The first-order valence-corrected chi connectivity index (χ1v) is 13.4. The first-order valence-electron chi connectivity index (χ1n) is 11.3. The molecule has 0 fully saturated rings. The summed E-state index contributed by atoms with van der Waals surface area (Å²) in [5, 5.41) is 9.79. The lowest BCUT2D eigenvalue weighted by molar-refractivity contribution is -0.121. The zero-order valence-corrected chi connectivity index (χ0v) is 21.6. The molecule has 5 rings (SSSR count). The summed E-state index contributed by atoms with van der Waals surface area (Å²) in [7, 11) is 0. The van der Waals surface area contributed by atoms with Crippen LogP contribution in [-0.4, -0.2) is 21.9 Å². The van der Waals surface area contributed by atoms with Crippen molar-refractivity contribution >= 4 is 51.5 Å². The van der Waals surface area contributed by atoms with E-state index in [1.807, 2.05) is 38.1 Å². The highest BCUT2D eigenvalue weighted by Gasteiger charge is 2.45. The maximum absolute atomic E-state index is 13.5. The Bertz CT molecular complexity index is 1320. The number of halogens is 2. The van der Waals surface area contributed by atoms with Gasteiger partial charge in [0, 0.05) is 40.8 Å². The van der Waals surface area contributed by atoms with Crippen LogP contribution >= 0.6 is 34.7 Å². The van der Waals surface area contributed by atoms with Gasteiger partial charge in [0.05, 0.1) is 0 Å². The number of Topliss-reactive ketones (excluding diaryl/α,β-unsaturated/α-hetero) is 1. The Morgan fingerprint density at radius 1 is 1.09 bits per heavy atom. The van der Waals surface area contributed by atoms with E-state index in [0.29, 0.717) is 40.0 Å². The van der Waals surface area contributed by atoms with Gasteiger partial charge in [-0.1, -0.05) is 72.8 Å². The molecule has 180 valence electrons. The lowest BCUT2D eigenvalue weighted by atomic mass is 9.69. The summed E-state index contributed by atoms with van der Waals surface area (Å²) in [5.74, 6) is -0.130. The Morgan fingerprint density at radius 2 is 1.80 bits per heavy atom. The fourth-order valence-corrected chi connectivity index (χ4v) is 6.66. The molecule has 0 saturated carbocycles. The molecule has 2 aromatic carbocycles. The third kappa shape index (κ3) is 5.06. The standard InChI is InChI=1S/C26H23ClFN3O2S2/c1-26(2)12-20-23(21(32)13-26)19(16-5-9-18(28)10-6-16)11-22(33)31(20)24-29-30-25(35-24)34-14-15-3-7-17(27)8-4-15/h3-10,19H,11-14H2,1-2H3. The quantitative estimate of drug-likeness (QED) is 0.270. The first kappa shape index (κ1) is 24.2. The van der Waals surface area contributed by atoms with Crippen LogP contribution in [0.2, 0.25) is 5.02 Å². The lowest BCUT2D eigenvalue weighted by Crippen LogP contribution is -2.43. The lowest BCUT2D eigenvalue weighted by Gasteiger charge is -2.41. The van der Waals surface area contributed by atoms with Gasteiger partial charge in [0.1, 0.15) is 5.82 Å². The van der Waals surface area contributed by atoms with Crippen molar-refractivity contribution < 1.29 is 14.0 Å². The highest BCUT2D eigenvalue weighted by molar-refractivity contribution is 8.00. The van der Waals surface area contributed by atoms with Gasteiger partial charge in [-0.2, -0.15) is 0 Å². The second-order valence-electron chi connectivity index (χ2n) is 9.60. The molecule has 0 saturated heterocycles. The minimum absolute atomic E-state index is 0.0323. The van der Waals surface area contributed by atoms with Crippen LogP contribution in [0.3, 0.4) is 0 Å². The predicted molar refractivity (Wildman–Crippen MR) is 137 cm³/mol. The van der Waals surface area contributed by atoms with Crippen LogP contribution in [0.5, 0.6) is 0 Å². The van der Waals surface area contributed by atoms with Crippen molar-refractivity contribution in [3.63, 3.8) is 0 Å². The van der Waals surface area contributed by atoms with Crippen molar-refractivity contribution in [3.8, 4) is 0 Å². The number of ketones is 1. The van der Waals surface area contributed by atoms with E-state index in [4.69, 9.17) is 11.6 Å². The average molecular weight is 528 g/mol. The Morgan fingerprint density at radius 3 is 2.51 bits per heavy atom. The smallest absolute Gasteiger partial charge is 0.234 e. The summed E-state index contributed by atoms with van der Waals surface area (Å²) in [6, 6.07) is 13.7. The number of benzene rings is 2. The van der Waals surface area contributed by atoms with Gasteiger partial charge in [0.15, 0.2) is 10.1 Å². The van der Waals surface area contributed by atoms with Gasteiger partial charge in [0.2, 0.25) is 11.0 Å². The molecule has 1 aliphatic carbocycles. The third-order valence-electron chi connectivity index (χ3n) is 6.28. The molecule has 1 aromatic heterocycles. The number of rotatable bonds is 5. The molecule has 2 heterocycles. The average Bonchev–Trinajstić information content (AvgIpc) is 3.26. The number of carbonyl (C=O) groups is 2.